The zero-order valence-corrected chi connectivity index (χ0v) is 14.7. The Morgan fingerprint density at radius 1 is 1.26 bits per heavy atom. The lowest BCUT2D eigenvalue weighted by atomic mass is 10.0. The molecule has 3 aromatic rings. The van der Waals surface area contributed by atoms with Crippen molar-refractivity contribution in [2.75, 3.05) is 0 Å². The lowest BCUT2D eigenvalue weighted by Crippen LogP contribution is -2.45. The van der Waals surface area contributed by atoms with Gasteiger partial charge in [-0.2, -0.15) is 0 Å². The number of aliphatic carboxylic acids is 1. The highest BCUT2D eigenvalue weighted by molar-refractivity contribution is 5.74. The van der Waals surface area contributed by atoms with E-state index in [2.05, 4.69) is 15.0 Å². The number of H-pyrrole nitrogens is 1. The third-order valence-corrected chi connectivity index (χ3v) is 4.68. The summed E-state index contributed by atoms with van der Waals surface area (Å²) >= 11 is 0. The average Bonchev–Trinajstić information content (AvgIpc) is 3.14. The van der Waals surface area contributed by atoms with E-state index < -0.39 is 12.0 Å². The molecule has 1 aliphatic rings. The van der Waals surface area contributed by atoms with Crippen molar-refractivity contribution in [3.63, 3.8) is 0 Å². The summed E-state index contributed by atoms with van der Waals surface area (Å²) in [6.07, 6.45) is 3.77. The molecule has 7 nitrogen and oxygen atoms in total. The van der Waals surface area contributed by atoms with Gasteiger partial charge in [0.1, 0.15) is 18.4 Å². The number of hydrogen-bond acceptors (Lipinski definition) is 5. The standard InChI is InChI=1S/C20H20N4O3/c25-20(26)19-9-17-18(23-13-22-17)11-24(19)10-14-4-3-6-16(8-14)27-12-15-5-1-2-7-21-15/h1-8,13,19H,9-12H2,(H,22,23)(H,25,26)/t19-/m0/s1. The van der Waals surface area contributed by atoms with Crippen molar-refractivity contribution < 1.29 is 14.6 Å². The number of nitrogens with one attached hydrogen (secondary N) is 1. The van der Waals surface area contributed by atoms with Crippen LogP contribution < -0.4 is 4.74 Å². The lowest BCUT2D eigenvalue weighted by molar-refractivity contribution is -0.144. The van der Waals surface area contributed by atoms with Gasteiger partial charge in [0, 0.05) is 25.7 Å². The highest BCUT2D eigenvalue weighted by Crippen LogP contribution is 2.24. The molecule has 0 fully saturated rings. The second-order valence-electron chi connectivity index (χ2n) is 6.55. The highest BCUT2D eigenvalue weighted by Gasteiger charge is 2.32. The molecule has 0 saturated carbocycles. The molecule has 0 saturated heterocycles. The number of benzene rings is 1. The summed E-state index contributed by atoms with van der Waals surface area (Å²) in [6.45, 7) is 1.45. The number of fused-ring (bicyclic) bond motifs is 1. The Bertz CT molecular complexity index is 926. The minimum absolute atomic E-state index is 0.392. The van der Waals surface area contributed by atoms with Crippen LogP contribution >= 0.6 is 0 Å². The SMILES string of the molecule is O=C(O)[C@@H]1Cc2nc[nH]c2CN1Cc1cccc(OCc2ccccn2)c1. The molecule has 0 bridgehead atoms. The summed E-state index contributed by atoms with van der Waals surface area (Å²) in [4.78, 5) is 25.2. The van der Waals surface area contributed by atoms with E-state index in [0.717, 1.165) is 28.4 Å². The average molecular weight is 364 g/mol. The molecular weight excluding hydrogens is 344 g/mol. The van der Waals surface area contributed by atoms with Crippen LogP contribution in [0.4, 0.5) is 0 Å². The predicted molar refractivity (Wildman–Crippen MR) is 98.0 cm³/mol. The zero-order chi connectivity index (χ0) is 18.6. The van der Waals surface area contributed by atoms with E-state index in [0.29, 0.717) is 26.1 Å². The molecule has 0 amide bonds. The molecule has 0 unspecified atom stereocenters. The molecule has 27 heavy (non-hydrogen) atoms. The Hall–Kier alpha value is -3.19. The van der Waals surface area contributed by atoms with E-state index >= 15 is 0 Å². The molecule has 3 heterocycles. The maximum absolute atomic E-state index is 11.7. The van der Waals surface area contributed by atoms with Crippen molar-refractivity contribution >= 4 is 5.97 Å². The molecule has 1 atom stereocenters. The third-order valence-electron chi connectivity index (χ3n) is 4.68. The van der Waals surface area contributed by atoms with Crippen molar-refractivity contribution in [1.82, 2.24) is 19.9 Å². The molecule has 7 heteroatoms. The van der Waals surface area contributed by atoms with Crippen LogP contribution in [0.1, 0.15) is 22.6 Å². The van der Waals surface area contributed by atoms with Crippen molar-refractivity contribution in [2.45, 2.75) is 32.2 Å². The molecule has 0 radical (unpaired) electrons. The van der Waals surface area contributed by atoms with E-state index in [1.54, 1.807) is 12.5 Å². The van der Waals surface area contributed by atoms with Crippen LogP contribution in [0.2, 0.25) is 0 Å². The number of rotatable bonds is 6. The summed E-state index contributed by atoms with van der Waals surface area (Å²) in [7, 11) is 0. The maximum atomic E-state index is 11.7. The first-order valence-electron chi connectivity index (χ1n) is 8.78. The summed E-state index contributed by atoms with van der Waals surface area (Å²) in [5, 5.41) is 9.60. The summed E-state index contributed by atoms with van der Waals surface area (Å²) in [6, 6.07) is 12.9. The number of imidazole rings is 1. The summed E-state index contributed by atoms with van der Waals surface area (Å²) in [5.41, 5.74) is 3.68. The number of carboxylic acids is 1. The molecule has 1 aliphatic heterocycles. The molecule has 1 aromatic carbocycles. The molecule has 0 aliphatic carbocycles. The first-order chi connectivity index (χ1) is 13.2. The van der Waals surface area contributed by atoms with E-state index in [1.165, 1.54) is 0 Å². The van der Waals surface area contributed by atoms with Crippen LogP contribution in [0.5, 0.6) is 5.75 Å². The first kappa shape index (κ1) is 17.2. The largest absolute Gasteiger partial charge is 0.487 e. The lowest BCUT2D eigenvalue weighted by Gasteiger charge is -2.32. The van der Waals surface area contributed by atoms with Crippen molar-refractivity contribution in [1.29, 1.82) is 0 Å². The number of aromatic amines is 1. The molecule has 138 valence electrons. The number of carboxylic acid groups (broad SMARTS) is 1. The van der Waals surface area contributed by atoms with E-state index in [4.69, 9.17) is 4.74 Å². The molecule has 2 aromatic heterocycles. The van der Waals surface area contributed by atoms with Gasteiger partial charge in [0.25, 0.3) is 0 Å². The Morgan fingerprint density at radius 2 is 2.19 bits per heavy atom. The van der Waals surface area contributed by atoms with Gasteiger partial charge < -0.3 is 14.8 Å². The zero-order valence-electron chi connectivity index (χ0n) is 14.7. The monoisotopic (exact) mass is 364 g/mol. The number of ether oxygens (including phenoxy) is 1. The van der Waals surface area contributed by atoms with Gasteiger partial charge in [-0.25, -0.2) is 4.98 Å². The van der Waals surface area contributed by atoms with Gasteiger partial charge in [0.2, 0.25) is 0 Å². The third kappa shape index (κ3) is 3.98. The van der Waals surface area contributed by atoms with Crippen LogP contribution in [-0.2, 0) is 30.9 Å². The fraction of sp³-hybridized carbons (Fsp3) is 0.250. The van der Waals surface area contributed by atoms with Crippen molar-refractivity contribution in [2.24, 2.45) is 0 Å². The number of carbonyl (C=O) groups is 1. The van der Waals surface area contributed by atoms with E-state index in [9.17, 15) is 9.90 Å². The maximum Gasteiger partial charge on any atom is 0.321 e. The highest BCUT2D eigenvalue weighted by atomic mass is 16.5. The Labute approximate surface area is 156 Å². The van der Waals surface area contributed by atoms with Gasteiger partial charge >= 0.3 is 5.97 Å². The Kier molecular flexibility index (Phi) is 4.84. The first-order valence-corrected chi connectivity index (χ1v) is 8.78. The fourth-order valence-electron chi connectivity index (χ4n) is 3.31. The van der Waals surface area contributed by atoms with Crippen LogP contribution in [-0.4, -0.2) is 37.0 Å². The summed E-state index contributed by atoms with van der Waals surface area (Å²) in [5.74, 6) is -0.0875. The second kappa shape index (κ2) is 7.59. The van der Waals surface area contributed by atoms with Gasteiger partial charge in [-0.1, -0.05) is 18.2 Å². The van der Waals surface area contributed by atoms with Crippen molar-refractivity contribution in [3.8, 4) is 5.75 Å². The smallest absolute Gasteiger partial charge is 0.321 e. The predicted octanol–water partition coefficient (Wildman–Crippen LogP) is 2.40. The van der Waals surface area contributed by atoms with Gasteiger partial charge in [-0.05, 0) is 29.8 Å². The number of hydrogen-bond donors (Lipinski definition) is 2. The van der Waals surface area contributed by atoms with Crippen molar-refractivity contribution in [3.05, 3.63) is 77.6 Å². The Balaban J connectivity index is 1.46. The van der Waals surface area contributed by atoms with Gasteiger partial charge in [-0.3, -0.25) is 14.7 Å². The number of pyridine rings is 1. The van der Waals surface area contributed by atoms with Crippen LogP contribution in [0.3, 0.4) is 0 Å². The minimum atomic E-state index is -0.828. The van der Waals surface area contributed by atoms with Gasteiger partial charge in [-0.15, -0.1) is 0 Å². The second-order valence-corrected chi connectivity index (χ2v) is 6.55. The number of aromatic nitrogens is 3. The van der Waals surface area contributed by atoms with Crippen LogP contribution in [0, 0.1) is 0 Å². The number of nitrogens with zero attached hydrogens (tertiary/aromatic N) is 3. The van der Waals surface area contributed by atoms with E-state index in [-0.39, 0.29) is 0 Å². The van der Waals surface area contributed by atoms with E-state index in [1.807, 2.05) is 47.4 Å². The molecule has 0 spiro atoms. The quantitative estimate of drug-likeness (QED) is 0.698. The van der Waals surface area contributed by atoms with Crippen LogP contribution in [0.25, 0.3) is 0 Å². The topological polar surface area (TPSA) is 91.3 Å². The van der Waals surface area contributed by atoms with Gasteiger partial charge in [0.15, 0.2) is 0 Å². The van der Waals surface area contributed by atoms with Gasteiger partial charge in [0.05, 0.1) is 23.4 Å². The molecule has 2 N–H and O–H groups in total. The minimum Gasteiger partial charge on any atom is -0.487 e. The molecule has 4 rings (SSSR count). The summed E-state index contributed by atoms with van der Waals surface area (Å²) < 4.78 is 5.83. The Morgan fingerprint density at radius 3 is 3.00 bits per heavy atom. The fourth-order valence-corrected chi connectivity index (χ4v) is 3.31. The van der Waals surface area contributed by atoms with Crippen LogP contribution in [0.15, 0.2) is 55.0 Å². The molecular formula is C20H20N4O3. The normalized spacial score (nSPS) is 16.7.